The summed E-state index contributed by atoms with van der Waals surface area (Å²) in [4.78, 5) is 18.5. The van der Waals surface area contributed by atoms with Crippen LogP contribution in [-0.2, 0) is 10.0 Å². The summed E-state index contributed by atoms with van der Waals surface area (Å²) in [5, 5.41) is 0.793. The number of hydrogen-bond donors (Lipinski definition) is 1. The fourth-order valence-corrected chi connectivity index (χ4v) is 4.98. The Kier molecular flexibility index (Phi) is 4.91. The first-order valence-corrected chi connectivity index (χ1v) is 10.6. The summed E-state index contributed by atoms with van der Waals surface area (Å²) in [6.45, 7) is 2.86. The maximum absolute atomic E-state index is 13.0. The zero-order valence-corrected chi connectivity index (χ0v) is 16.3. The van der Waals surface area contributed by atoms with Crippen LogP contribution in [0.3, 0.4) is 0 Å². The summed E-state index contributed by atoms with van der Waals surface area (Å²) in [6, 6.07) is 10.1. The van der Waals surface area contributed by atoms with Gasteiger partial charge in [-0.25, -0.2) is 13.1 Å². The Balaban J connectivity index is 1.47. The van der Waals surface area contributed by atoms with Gasteiger partial charge in [-0.3, -0.25) is 9.78 Å². The first-order valence-electron chi connectivity index (χ1n) is 9.14. The van der Waals surface area contributed by atoms with E-state index in [-0.39, 0.29) is 16.8 Å². The number of benzene rings is 1. The molecule has 0 aliphatic carbocycles. The monoisotopic (exact) mass is 399 g/mol. The van der Waals surface area contributed by atoms with Crippen LogP contribution in [0.4, 0.5) is 0 Å². The number of pyridine rings is 1. The Labute approximate surface area is 163 Å². The molecule has 4 rings (SSSR count). The molecule has 1 fully saturated rings. The van der Waals surface area contributed by atoms with Crippen molar-refractivity contribution in [3.63, 3.8) is 0 Å². The number of rotatable bonds is 4. The van der Waals surface area contributed by atoms with Crippen molar-refractivity contribution < 1.29 is 17.6 Å². The lowest BCUT2D eigenvalue weighted by Gasteiger charge is -2.31. The molecular formula is C20H21N3O4S. The van der Waals surface area contributed by atoms with Crippen molar-refractivity contribution in [2.75, 3.05) is 13.1 Å². The summed E-state index contributed by atoms with van der Waals surface area (Å²) < 4.78 is 33.8. The molecule has 0 bridgehead atoms. The molecule has 1 aliphatic heterocycles. The summed E-state index contributed by atoms with van der Waals surface area (Å²) in [5.41, 5.74) is 1.44. The molecule has 1 amide bonds. The highest BCUT2D eigenvalue weighted by atomic mass is 32.2. The highest BCUT2D eigenvalue weighted by Crippen LogP contribution is 2.23. The Hall–Kier alpha value is -2.71. The van der Waals surface area contributed by atoms with Crippen molar-refractivity contribution in [3.8, 4) is 0 Å². The average Bonchev–Trinajstić information content (AvgIpc) is 3.22. The van der Waals surface area contributed by atoms with Crippen molar-refractivity contribution in [2.45, 2.75) is 30.7 Å². The number of fused-ring (bicyclic) bond motifs is 1. The van der Waals surface area contributed by atoms with Gasteiger partial charge in [-0.2, -0.15) is 0 Å². The molecule has 0 spiro atoms. The number of hydrogen-bond acceptors (Lipinski definition) is 5. The number of piperidine rings is 1. The molecule has 0 atom stereocenters. The minimum atomic E-state index is -3.71. The lowest BCUT2D eigenvalue weighted by atomic mass is 10.1. The van der Waals surface area contributed by atoms with E-state index in [2.05, 4.69) is 9.71 Å². The number of amides is 1. The fraction of sp³-hybridized carbons (Fsp3) is 0.300. The van der Waals surface area contributed by atoms with Gasteiger partial charge in [0.1, 0.15) is 4.90 Å². The van der Waals surface area contributed by atoms with Crippen LogP contribution in [0.1, 0.15) is 29.0 Å². The lowest BCUT2D eigenvalue weighted by Crippen LogP contribution is -2.46. The fourth-order valence-electron chi connectivity index (χ4n) is 3.50. The third-order valence-corrected chi connectivity index (χ3v) is 6.49. The van der Waals surface area contributed by atoms with E-state index in [0.717, 1.165) is 10.9 Å². The number of furan rings is 1. The van der Waals surface area contributed by atoms with Gasteiger partial charge in [-0.05, 0) is 49.6 Å². The maximum Gasteiger partial charge on any atom is 0.289 e. The van der Waals surface area contributed by atoms with Crippen molar-refractivity contribution in [1.29, 1.82) is 0 Å². The van der Waals surface area contributed by atoms with Gasteiger partial charge < -0.3 is 9.32 Å². The highest BCUT2D eigenvalue weighted by Gasteiger charge is 2.29. The minimum Gasteiger partial charge on any atom is -0.459 e. The molecule has 1 aromatic carbocycles. The number of nitrogens with zero attached hydrogens (tertiary/aromatic N) is 2. The molecule has 7 nitrogen and oxygen atoms in total. The van der Waals surface area contributed by atoms with Crippen LogP contribution in [0.5, 0.6) is 0 Å². The SMILES string of the molecule is Cc1cnc2c(S(=O)(=O)NC3CCN(C(=O)c4ccco4)CC3)cccc2c1. The van der Waals surface area contributed by atoms with Gasteiger partial charge in [-0.1, -0.05) is 12.1 Å². The molecule has 3 aromatic rings. The summed E-state index contributed by atoms with van der Waals surface area (Å²) in [6.07, 6.45) is 4.22. The zero-order chi connectivity index (χ0) is 19.7. The van der Waals surface area contributed by atoms with E-state index in [1.54, 1.807) is 35.4 Å². The third kappa shape index (κ3) is 3.65. The van der Waals surface area contributed by atoms with E-state index < -0.39 is 10.0 Å². The van der Waals surface area contributed by atoms with Gasteiger partial charge in [0, 0.05) is 30.7 Å². The van der Waals surface area contributed by atoms with Gasteiger partial charge in [0.2, 0.25) is 10.0 Å². The molecule has 1 N–H and O–H groups in total. The van der Waals surface area contributed by atoms with Crippen LogP contribution in [0.2, 0.25) is 0 Å². The normalized spacial score (nSPS) is 15.8. The third-order valence-electron chi connectivity index (χ3n) is 4.94. The van der Waals surface area contributed by atoms with Crippen molar-refractivity contribution in [2.24, 2.45) is 0 Å². The number of para-hydroxylation sites is 1. The second-order valence-corrected chi connectivity index (χ2v) is 8.69. The second kappa shape index (κ2) is 7.37. The van der Waals surface area contributed by atoms with Crippen LogP contribution in [0, 0.1) is 6.92 Å². The lowest BCUT2D eigenvalue weighted by molar-refractivity contribution is 0.0679. The molecule has 0 radical (unpaired) electrons. The van der Waals surface area contributed by atoms with Gasteiger partial charge in [0.15, 0.2) is 5.76 Å². The van der Waals surface area contributed by atoms with E-state index in [4.69, 9.17) is 4.42 Å². The topological polar surface area (TPSA) is 92.5 Å². The van der Waals surface area contributed by atoms with Gasteiger partial charge >= 0.3 is 0 Å². The number of sulfonamides is 1. The Morgan fingerprint density at radius 3 is 2.71 bits per heavy atom. The molecule has 3 heterocycles. The molecule has 146 valence electrons. The van der Waals surface area contributed by atoms with Crippen LogP contribution >= 0.6 is 0 Å². The standard InChI is InChI=1S/C20H21N3O4S/c1-14-12-15-4-2-6-18(19(15)21-13-14)28(25,26)22-16-7-9-23(10-8-16)20(24)17-5-3-11-27-17/h2-6,11-13,16,22H,7-10H2,1H3. The zero-order valence-electron chi connectivity index (χ0n) is 15.5. The van der Waals surface area contributed by atoms with Crippen molar-refractivity contribution >= 4 is 26.8 Å². The van der Waals surface area contributed by atoms with Gasteiger partial charge in [0.05, 0.1) is 11.8 Å². The maximum atomic E-state index is 13.0. The van der Waals surface area contributed by atoms with Crippen LogP contribution in [0.25, 0.3) is 10.9 Å². The molecular weight excluding hydrogens is 378 g/mol. The molecule has 2 aromatic heterocycles. The molecule has 1 aliphatic rings. The van der Waals surface area contributed by atoms with E-state index in [0.29, 0.717) is 37.2 Å². The van der Waals surface area contributed by atoms with Crippen LogP contribution in [0.15, 0.2) is 58.2 Å². The Bertz CT molecular complexity index is 1100. The number of aromatic nitrogens is 1. The number of likely N-dealkylation sites (tertiary alicyclic amines) is 1. The van der Waals surface area contributed by atoms with Crippen molar-refractivity contribution in [3.05, 3.63) is 60.2 Å². The van der Waals surface area contributed by atoms with Gasteiger partial charge in [0.25, 0.3) is 5.91 Å². The van der Waals surface area contributed by atoms with Crippen molar-refractivity contribution in [1.82, 2.24) is 14.6 Å². The molecule has 0 unspecified atom stereocenters. The molecule has 1 saturated heterocycles. The first-order chi connectivity index (χ1) is 13.4. The van der Waals surface area contributed by atoms with Crippen LogP contribution < -0.4 is 4.72 Å². The minimum absolute atomic E-state index is 0.167. The molecule has 0 saturated carbocycles. The predicted molar refractivity (Wildman–Crippen MR) is 104 cm³/mol. The number of aryl methyl sites for hydroxylation is 1. The molecule has 28 heavy (non-hydrogen) atoms. The van der Waals surface area contributed by atoms with E-state index in [1.807, 2.05) is 19.1 Å². The smallest absolute Gasteiger partial charge is 0.289 e. The highest BCUT2D eigenvalue weighted by molar-refractivity contribution is 7.89. The Morgan fingerprint density at radius 1 is 1.21 bits per heavy atom. The molecule has 8 heteroatoms. The quantitative estimate of drug-likeness (QED) is 0.728. The summed E-state index contributed by atoms with van der Waals surface area (Å²) >= 11 is 0. The summed E-state index contributed by atoms with van der Waals surface area (Å²) in [5.74, 6) is 0.135. The first kappa shape index (κ1) is 18.6. The number of carbonyl (C=O) groups excluding carboxylic acids is 1. The van der Waals surface area contributed by atoms with E-state index in [1.165, 1.54) is 6.26 Å². The number of carbonyl (C=O) groups is 1. The predicted octanol–water partition coefficient (Wildman–Crippen LogP) is 2.72. The summed E-state index contributed by atoms with van der Waals surface area (Å²) in [7, 11) is -3.71. The Morgan fingerprint density at radius 2 is 2.00 bits per heavy atom. The number of nitrogens with one attached hydrogen (secondary N) is 1. The van der Waals surface area contributed by atoms with E-state index in [9.17, 15) is 13.2 Å². The van der Waals surface area contributed by atoms with Gasteiger partial charge in [-0.15, -0.1) is 0 Å². The average molecular weight is 399 g/mol. The van der Waals surface area contributed by atoms with Crippen LogP contribution in [-0.4, -0.2) is 43.3 Å². The largest absolute Gasteiger partial charge is 0.459 e. The van der Waals surface area contributed by atoms with E-state index >= 15 is 0 Å². The second-order valence-electron chi connectivity index (χ2n) is 7.01.